The first kappa shape index (κ1) is 14.9. The van der Waals surface area contributed by atoms with Crippen LogP contribution in [0.1, 0.15) is 5.56 Å². The zero-order valence-corrected chi connectivity index (χ0v) is 12.0. The SMILES string of the molecule is O=C(COCc1ccccc1)Oc1ccc(Cl)cc1Cl. The fraction of sp³-hybridized carbons (Fsp3) is 0.133. The molecule has 104 valence electrons. The molecular formula is C15H12Cl2O3. The van der Waals surface area contributed by atoms with E-state index in [1.165, 1.54) is 6.07 Å². The molecule has 0 unspecified atom stereocenters. The van der Waals surface area contributed by atoms with Crippen molar-refractivity contribution in [1.29, 1.82) is 0 Å². The molecule has 0 aliphatic rings. The third kappa shape index (κ3) is 4.53. The van der Waals surface area contributed by atoms with Gasteiger partial charge in [0.15, 0.2) is 0 Å². The molecule has 0 aliphatic heterocycles. The Labute approximate surface area is 127 Å². The highest BCUT2D eigenvalue weighted by Crippen LogP contribution is 2.27. The van der Waals surface area contributed by atoms with Crippen molar-refractivity contribution in [2.45, 2.75) is 6.61 Å². The van der Waals surface area contributed by atoms with E-state index in [0.29, 0.717) is 11.6 Å². The number of ether oxygens (including phenoxy) is 2. The van der Waals surface area contributed by atoms with E-state index in [1.807, 2.05) is 30.3 Å². The van der Waals surface area contributed by atoms with Gasteiger partial charge in [-0.2, -0.15) is 0 Å². The predicted octanol–water partition coefficient (Wildman–Crippen LogP) is 4.12. The van der Waals surface area contributed by atoms with Crippen LogP contribution in [0.25, 0.3) is 0 Å². The van der Waals surface area contributed by atoms with Crippen LogP contribution in [0.3, 0.4) is 0 Å². The van der Waals surface area contributed by atoms with Crippen LogP contribution < -0.4 is 4.74 Å². The van der Waals surface area contributed by atoms with Gasteiger partial charge in [-0.05, 0) is 23.8 Å². The highest BCUT2D eigenvalue weighted by molar-refractivity contribution is 6.35. The Hall–Kier alpha value is -1.55. The number of rotatable bonds is 5. The molecule has 0 N–H and O–H groups in total. The van der Waals surface area contributed by atoms with Crippen LogP contribution in [0.15, 0.2) is 48.5 Å². The van der Waals surface area contributed by atoms with Gasteiger partial charge in [0.1, 0.15) is 12.4 Å². The number of carbonyl (C=O) groups excluding carboxylic acids is 1. The molecule has 2 aromatic carbocycles. The lowest BCUT2D eigenvalue weighted by Gasteiger charge is -2.07. The molecule has 0 aromatic heterocycles. The number of hydrogen-bond acceptors (Lipinski definition) is 3. The van der Waals surface area contributed by atoms with E-state index in [1.54, 1.807) is 12.1 Å². The Balaban J connectivity index is 1.81. The molecule has 5 heteroatoms. The number of esters is 1. The van der Waals surface area contributed by atoms with E-state index in [9.17, 15) is 4.79 Å². The zero-order chi connectivity index (χ0) is 14.4. The number of halogens is 2. The van der Waals surface area contributed by atoms with Gasteiger partial charge < -0.3 is 9.47 Å². The fourth-order valence-electron chi connectivity index (χ4n) is 1.54. The summed E-state index contributed by atoms with van der Waals surface area (Å²) in [6, 6.07) is 14.2. The monoisotopic (exact) mass is 310 g/mol. The van der Waals surface area contributed by atoms with Gasteiger partial charge in [0.25, 0.3) is 0 Å². The van der Waals surface area contributed by atoms with Crippen LogP contribution in [0.2, 0.25) is 10.0 Å². The summed E-state index contributed by atoms with van der Waals surface area (Å²) in [6.07, 6.45) is 0. The fourth-order valence-corrected chi connectivity index (χ4v) is 1.98. The van der Waals surface area contributed by atoms with Crippen LogP contribution in [-0.2, 0) is 16.1 Å². The molecule has 0 radical (unpaired) electrons. The summed E-state index contributed by atoms with van der Waals surface area (Å²) in [7, 11) is 0. The van der Waals surface area contributed by atoms with Gasteiger partial charge in [0, 0.05) is 5.02 Å². The van der Waals surface area contributed by atoms with Crippen molar-refractivity contribution in [2.24, 2.45) is 0 Å². The van der Waals surface area contributed by atoms with Crippen LogP contribution >= 0.6 is 23.2 Å². The third-order valence-corrected chi connectivity index (χ3v) is 2.98. The van der Waals surface area contributed by atoms with Gasteiger partial charge in [-0.15, -0.1) is 0 Å². The van der Waals surface area contributed by atoms with E-state index in [0.717, 1.165) is 5.56 Å². The minimum absolute atomic E-state index is 0.145. The Morgan fingerprint density at radius 3 is 2.50 bits per heavy atom. The summed E-state index contributed by atoms with van der Waals surface area (Å²) in [4.78, 5) is 11.6. The van der Waals surface area contributed by atoms with Crippen molar-refractivity contribution in [1.82, 2.24) is 0 Å². The molecule has 0 amide bonds. The molecule has 2 rings (SSSR count). The van der Waals surface area contributed by atoms with E-state index in [2.05, 4.69) is 0 Å². The molecule has 0 fully saturated rings. The second kappa shape index (κ2) is 7.29. The first-order valence-corrected chi connectivity index (χ1v) is 6.68. The average Bonchev–Trinajstić information content (AvgIpc) is 2.43. The first-order valence-electron chi connectivity index (χ1n) is 5.92. The highest BCUT2D eigenvalue weighted by atomic mass is 35.5. The van der Waals surface area contributed by atoms with E-state index >= 15 is 0 Å². The second-order valence-corrected chi connectivity index (χ2v) is 4.87. The van der Waals surface area contributed by atoms with Gasteiger partial charge in [0.2, 0.25) is 0 Å². The predicted molar refractivity (Wildman–Crippen MR) is 78.2 cm³/mol. The summed E-state index contributed by atoms with van der Waals surface area (Å²) in [6.45, 7) is 0.206. The molecule has 0 spiro atoms. The molecule has 20 heavy (non-hydrogen) atoms. The smallest absolute Gasteiger partial charge is 0.337 e. The standard InChI is InChI=1S/C15H12Cl2O3/c16-12-6-7-14(13(17)8-12)20-15(18)10-19-9-11-4-2-1-3-5-11/h1-8H,9-10H2. The number of benzene rings is 2. The van der Waals surface area contributed by atoms with Crippen LogP contribution in [0.4, 0.5) is 0 Å². The van der Waals surface area contributed by atoms with Crippen molar-refractivity contribution in [3.05, 3.63) is 64.1 Å². The van der Waals surface area contributed by atoms with Crippen molar-refractivity contribution >= 4 is 29.2 Å². The minimum atomic E-state index is -0.509. The second-order valence-electron chi connectivity index (χ2n) is 4.03. The number of hydrogen-bond donors (Lipinski definition) is 0. The number of carbonyl (C=O) groups is 1. The maximum Gasteiger partial charge on any atom is 0.337 e. The zero-order valence-electron chi connectivity index (χ0n) is 10.5. The summed E-state index contributed by atoms with van der Waals surface area (Å²) >= 11 is 11.7. The molecule has 2 aromatic rings. The lowest BCUT2D eigenvalue weighted by Crippen LogP contribution is -2.15. The Bertz CT molecular complexity index is 585. The normalized spacial score (nSPS) is 10.3. The third-order valence-electron chi connectivity index (χ3n) is 2.45. The van der Waals surface area contributed by atoms with Crippen molar-refractivity contribution in [3.8, 4) is 5.75 Å². The van der Waals surface area contributed by atoms with Gasteiger partial charge in [-0.25, -0.2) is 4.79 Å². The first-order chi connectivity index (χ1) is 9.65. The summed E-state index contributed by atoms with van der Waals surface area (Å²) in [5.74, 6) is -0.241. The van der Waals surface area contributed by atoms with E-state index in [4.69, 9.17) is 32.7 Å². The Morgan fingerprint density at radius 1 is 1.05 bits per heavy atom. The average molecular weight is 311 g/mol. The molecule has 3 nitrogen and oxygen atoms in total. The lowest BCUT2D eigenvalue weighted by atomic mass is 10.2. The largest absolute Gasteiger partial charge is 0.423 e. The summed E-state index contributed by atoms with van der Waals surface area (Å²) in [5, 5.41) is 0.768. The molecule has 0 heterocycles. The quantitative estimate of drug-likeness (QED) is 0.615. The van der Waals surface area contributed by atoms with Crippen molar-refractivity contribution < 1.29 is 14.3 Å². The molecular weight excluding hydrogens is 299 g/mol. The molecule has 0 aliphatic carbocycles. The van der Waals surface area contributed by atoms with E-state index in [-0.39, 0.29) is 17.4 Å². The summed E-state index contributed by atoms with van der Waals surface area (Å²) in [5.41, 5.74) is 0.991. The van der Waals surface area contributed by atoms with Gasteiger partial charge in [0.05, 0.1) is 11.6 Å². The van der Waals surface area contributed by atoms with Crippen molar-refractivity contribution in [2.75, 3.05) is 6.61 Å². The van der Waals surface area contributed by atoms with Crippen molar-refractivity contribution in [3.63, 3.8) is 0 Å². The molecule has 0 bridgehead atoms. The van der Waals surface area contributed by atoms with Crippen LogP contribution in [-0.4, -0.2) is 12.6 Å². The van der Waals surface area contributed by atoms with Gasteiger partial charge in [-0.1, -0.05) is 53.5 Å². The Morgan fingerprint density at radius 2 is 1.80 bits per heavy atom. The Kier molecular flexibility index (Phi) is 5.41. The van der Waals surface area contributed by atoms with Crippen LogP contribution in [0, 0.1) is 0 Å². The highest BCUT2D eigenvalue weighted by Gasteiger charge is 2.09. The topological polar surface area (TPSA) is 35.5 Å². The van der Waals surface area contributed by atoms with Crippen LogP contribution in [0.5, 0.6) is 5.75 Å². The summed E-state index contributed by atoms with van der Waals surface area (Å²) < 4.78 is 10.4. The molecule has 0 atom stereocenters. The minimum Gasteiger partial charge on any atom is -0.423 e. The van der Waals surface area contributed by atoms with E-state index < -0.39 is 5.97 Å². The maximum absolute atomic E-state index is 11.6. The van der Waals surface area contributed by atoms with Gasteiger partial charge >= 0.3 is 5.97 Å². The maximum atomic E-state index is 11.6. The van der Waals surface area contributed by atoms with Gasteiger partial charge in [-0.3, -0.25) is 0 Å². The lowest BCUT2D eigenvalue weighted by molar-refractivity contribution is -0.139. The molecule has 0 saturated carbocycles. The molecule has 0 saturated heterocycles.